The number of nitrogens with zero attached hydrogens (tertiary/aromatic N) is 2. The van der Waals surface area contributed by atoms with Gasteiger partial charge < -0.3 is 0 Å². The van der Waals surface area contributed by atoms with Crippen molar-refractivity contribution in [3.05, 3.63) is 97.1 Å². The van der Waals surface area contributed by atoms with Crippen LogP contribution in [0.1, 0.15) is 0 Å². The Labute approximate surface area is 163 Å². The molecule has 4 aromatic carbocycles. The molecule has 0 spiro atoms. The van der Waals surface area contributed by atoms with E-state index in [1.165, 1.54) is 0 Å². The number of fused-ring (bicyclic) bond motifs is 1. The van der Waals surface area contributed by atoms with Crippen LogP contribution in [0.25, 0.3) is 10.8 Å². The predicted octanol–water partition coefficient (Wildman–Crippen LogP) is 6.06. The van der Waals surface area contributed by atoms with Crippen molar-refractivity contribution in [3.8, 4) is 0 Å². The summed E-state index contributed by atoms with van der Waals surface area (Å²) in [6, 6.07) is 28.9. The van der Waals surface area contributed by atoms with Gasteiger partial charge in [0.05, 0.1) is 16.3 Å². The predicted molar refractivity (Wildman–Crippen MR) is 112 cm³/mol. The second kappa shape index (κ2) is 7.62. The zero-order valence-electron chi connectivity index (χ0n) is 14.9. The van der Waals surface area contributed by atoms with Crippen LogP contribution >= 0.6 is 0 Å². The Hall–Kier alpha value is -3.51. The Morgan fingerprint density at radius 3 is 1.93 bits per heavy atom. The maximum absolute atomic E-state index is 12.7. The number of hydrogen-bond acceptors (Lipinski definition) is 4. The first-order valence-corrected chi connectivity index (χ1v) is 10.2. The summed E-state index contributed by atoms with van der Waals surface area (Å²) in [4.78, 5) is 0.221. The van der Waals surface area contributed by atoms with Crippen LogP contribution in [-0.2, 0) is 10.0 Å². The Morgan fingerprint density at radius 2 is 1.21 bits per heavy atom. The Kier molecular flexibility index (Phi) is 4.87. The molecule has 0 amide bonds. The third-order valence-corrected chi connectivity index (χ3v) is 5.57. The van der Waals surface area contributed by atoms with Gasteiger partial charge in [-0.3, -0.25) is 4.72 Å². The Balaban J connectivity index is 1.52. The van der Waals surface area contributed by atoms with Gasteiger partial charge in [0.25, 0.3) is 10.0 Å². The summed E-state index contributed by atoms with van der Waals surface area (Å²) in [7, 11) is -3.68. The van der Waals surface area contributed by atoms with Gasteiger partial charge in [-0.1, -0.05) is 48.5 Å². The van der Waals surface area contributed by atoms with Crippen LogP contribution in [0.2, 0.25) is 0 Å². The molecule has 1 N–H and O–H groups in total. The maximum Gasteiger partial charge on any atom is 0.261 e. The molecule has 28 heavy (non-hydrogen) atoms. The van der Waals surface area contributed by atoms with Gasteiger partial charge in [0.2, 0.25) is 0 Å². The van der Waals surface area contributed by atoms with E-state index in [0.717, 1.165) is 16.5 Å². The van der Waals surface area contributed by atoms with Crippen molar-refractivity contribution in [2.24, 2.45) is 10.2 Å². The van der Waals surface area contributed by atoms with E-state index < -0.39 is 10.0 Å². The van der Waals surface area contributed by atoms with Crippen LogP contribution in [0.5, 0.6) is 0 Å². The minimum Gasteiger partial charge on any atom is -0.280 e. The van der Waals surface area contributed by atoms with E-state index in [9.17, 15) is 8.42 Å². The highest BCUT2D eigenvalue weighted by molar-refractivity contribution is 7.92. The molecule has 0 fully saturated rings. The fraction of sp³-hybridized carbons (Fsp3) is 0. The number of nitrogens with one attached hydrogen (secondary N) is 1. The fourth-order valence-corrected chi connectivity index (χ4v) is 3.85. The smallest absolute Gasteiger partial charge is 0.261 e. The van der Waals surface area contributed by atoms with Crippen molar-refractivity contribution in [1.29, 1.82) is 0 Å². The number of rotatable bonds is 5. The van der Waals surface area contributed by atoms with Crippen LogP contribution in [0.4, 0.5) is 17.1 Å². The summed E-state index contributed by atoms with van der Waals surface area (Å²) in [5.74, 6) is 0. The van der Waals surface area contributed by atoms with E-state index in [4.69, 9.17) is 0 Å². The summed E-state index contributed by atoms with van der Waals surface area (Å²) in [5, 5.41) is 10.2. The number of anilines is 1. The molecule has 0 aliphatic carbocycles. The third kappa shape index (κ3) is 4.07. The summed E-state index contributed by atoms with van der Waals surface area (Å²) in [5.41, 5.74) is 1.85. The SMILES string of the molecule is O=S(=O)(Nc1ccc(N=Nc2ccccc2)cc1)c1ccc2ccccc2c1. The minimum atomic E-state index is -3.68. The molecule has 0 aliphatic heterocycles. The van der Waals surface area contributed by atoms with Crippen molar-refractivity contribution in [2.45, 2.75) is 4.90 Å². The first-order chi connectivity index (χ1) is 13.6. The number of azo groups is 1. The first kappa shape index (κ1) is 17.9. The van der Waals surface area contributed by atoms with E-state index in [-0.39, 0.29) is 4.90 Å². The highest BCUT2D eigenvalue weighted by atomic mass is 32.2. The zero-order chi connectivity index (χ0) is 19.4. The monoisotopic (exact) mass is 387 g/mol. The van der Waals surface area contributed by atoms with Crippen LogP contribution in [-0.4, -0.2) is 8.42 Å². The summed E-state index contributed by atoms with van der Waals surface area (Å²) < 4.78 is 28.0. The third-order valence-electron chi connectivity index (χ3n) is 4.19. The summed E-state index contributed by atoms with van der Waals surface area (Å²) in [6.07, 6.45) is 0. The number of benzene rings is 4. The van der Waals surface area contributed by atoms with Gasteiger partial charge in [-0.15, -0.1) is 0 Å². The van der Waals surface area contributed by atoms with Gasteiger partial charge in [0, 0.05) is 5.69 Å². The zero-order valence-corrected chi connectivity index (χ0v) is 15.7. The largest absolute Gasteiger partial charge is 0.280 e. The molecular weight excluding hydrogens is 370 g/mol. The maximum atomic E-state index is 12.7. The normalized spacial score (nSPS) is 11.7. The Bertz CT molecular complexity index is 1240. The molecule has 0 unspecified atom stereocenters. The molecular formula is C22H17N3O2S. The lowest BCUT2D eigenvalue weighted by atomic mass is 10.1. The summed E-state index contributed by atoms with van der Waals surface area (Å²) >= 11 is 0. The molecule has 0 aromatic heterocycles. The molecule has 4 aromatic rings. The molecule has 5 nitrogen and oxygen atoms in total. The van der Waals surface area contributed by atoms with Gasteiger partial charge in [-0.05, 0) is 59.3 Å². The van der Waals surface area contributed by atoms with E-state index >= 15 is 0 Å². The molecule has 6 heteroatoms. The minimum absolute atomic E-state index is 0.221. The lowest BCUT2D eigenvalue weighted by molar-refractivity contribution is 0.601. The van der Waals surface area contributed by atoms with Crippen molar-refractivity contribution in [2.75, 3.05) is 4.72 Å². The second-order valence-electron chi connectivity index (χ2n) is 6.20. The molecule has 138 valence electrons. The highest BCUT2D eigenvalue weighted by Crippen LogP contribution is 2.24. The average Bonchev–Trinajstić information content (AvgIpc) is 2.73. The van der Waals surface area contributed by atoms with Gasteiger partial charge in [-0.25, -0.2) is 8.42 Å². The average molecular weight is 387 g/mol. The molecule has 0 bridgehead atoms. The summed E-state index contributed by atoms with van der Waals surface area (Å²) in [6.45, 7) is 0. The van der Waals surface area contributed by atoms with Crippen LogP contribution < -0.4 is 4.72 Å². The van der Waals surface area contributed by atoms with Crippen LogP contribution in [0.3, 0.4) is 0 Å². The van der Waals surface area contributed by atoms with E-state index in [0.29, 0.717) is 11.4 Å². The van der Waals surface area contributed by atoms with Crippen LogP contribution in [0, 0.1) is 0 Å². The lowest BCUT2D eigenvalue weighted by Crippen LogP contribution is -2.12. The second-order valence-corrected chi connectivity index (χ2v) is 7.88. The Morgan fingerprint density at radius 1 is 0.607 bits per heavy atom. The number of hydrogen-bond donors (Lipinski definition) is 1. The van der Waals surface area contributed by atoms with Gasteiger partial charge in [0.1, 0.15) is 0 Å². The quantitative estimate of drug-likeness (QED) is 0.423. The van der Waals surface area contributed by atoms with E-state index in [1.807, 2.05) is 54.6 Å². The van der Waals surface area contributed by atoms with Gasteiger partial charge in [-0.2, -0.15) is 10.2 Å². The van der Waals surface area contributed by atoms with Gasteiger partial charge >= 0.3 is 0 Å². The molecule has 4 rings (SSSR count). The highest BCUT2D eigenvalue weighted by Gasteiger charge is 2.14. The molecule has 0 radical (unpaired) electrons. The van der Waals surface area contributed by atoms with Crippen molar-refractivity contribution >= 4 is 37.9 Å². The van der Waals surface area contributed by atoms with E-state index in [1.54, 1.807) is 42.5 Å². The van der Waals surface area contributed by atoms with Crippen molar-refractivity contribution in [1.82, 2.24) is 0 Å². The lowest BCUT2D eigenvalue weighted by Gasteiger charge is -2.09. The van der Waals surface area contributed by atoms with Gasteiger partial charge in [0.15, 0.2) is 0 Å². The standard InChI is InChI=1S/C22H17N3O2S/c26-28(27,22-15-10-17-6-4-5-7-18(17)16-22)25-21-13-11-20(12-14-21)24-23-19-8-2-1-3-9-19/h1-16,25H. The molecule has 0 aliphatic rings. The first-order valence-electron chi connectivity index (χ1n) is 8.69. The number of sulfonamides is 1. The molecule has 0 saturated heterocycles. The molecule has 0 atom stereocenters. The molecule has 0 saturated carbocycles. The fourth-order valence-electron chi connectivity index (χ4n) is 2.75. The molecule has 0 heterocycles. The van der Waals surface area contributed by atoms with Crippen molar-refractivity contribution in [3.63, 3.8) is 0 Å². The van der Waals surface area contributed by atoms with Crippen LogP contribution in [0.15, 0.2) is 112 Å². The van der Waals surface area contributed by atoms with E-state index in [2.05, 4.69) is 15.0 Å². The topological polar surface area (TPSA) is 70.9 Å². The van der Waals surface area contributed by atoms with Crippen molar-refractivity contribution < 1.29 is 8.42 Å².